The minimum Gasteiger partial charge on any atom is -0.378 e. The average molecular weight is 284 g/mol. The summed E-state index contributed by atoms with van der Waals surface area (Å²) >= 11 is 7.04. The molecule has 11 heavy (non-hydrogen) atoms. The second-order valence-electron chi connectivity index (χ2n) is 2.65. The zero-order chi connectivity index (χ0) is 8.27. The first kappa shape index (κ1) is 9.75. The maximum absolute atomic E-state index is 5.52. The molecule has 1 aliphatic carbocycles. The van der Waals surface area contributed by atoms with Gasteiger partial charge in [-0.1, -0.05) is 37.9 Å². The fourth-order valence-electron chi connectivity index (χ4n) is 1.25. The molecule has 0 N–H and O–H groups in total. The van der Waals surface area contributed by atoms with E-state index < -0.39 is 0 Å². The van der Waals surface area contributed by atoms with Gasteiger partial charge in [-0.05, 0) is 17.8 Å². The zero-order valence-electron chi connectivity index (χ0n) is 6.52. The number of halogens is 2. The van der Waals surface area contributed by atoms with E-state index in [0.29, 0.717) is 10.9 Å². The molecule has 0 aromatic rings. The fraction of sp³-hybridized carbons (Fsp3) is 0.750. The van der Waals surface area contributed by atoms with Crippen molar-refractivity contribution in [2.75, 3.05) is 6.61 Å². The van der Waals surface area contributed by atoms with Gasteiger partial charge in [-0.25, -0.2) is 0 Å². The number of hydrogen-bond donors (Lipinski definition) is 0. The third kappa shape index (κ3) is 3.26. The average Bonchev–Trinajstić information content (AvgIpc) is 1.85. The molecule has 1 aliphatic rings. The summed E-state index contributed by atoms with van der Waals surface area (Å²) in [6.07, 6.45) is 4.69. The van der Waals surface area contributed by atoms with Crippen molar-refractivity contribution in [3.05, 3.63) is 10.6 Å². The number of hydrogen-bond acceptors (Lipinski definition) is 1. The standard InChI is InChI=1S/C8H12Br2O/c1-2-11-8-4-6(9)3-7(10)5-8/h3,6,8H,2,4-5H2,1H3. The van der Waals surface area contributed by atoms with Crippen LogP contribution in [0.4, 0.5) is 0 Å². The zero-order valence-corrected chi connectivity index (χ0v) is 9.69. The minimum atomic E-state index is 0.392. The third-order valence-electron chi connectivity index (χ3n) is 1.67. The first-order chi connectivity index (χ1) is 5.22. The minimum absolute atomic E-state index is 0.392. The van der Waals surface area contributed by atoms with Crippen LogP contribution in [0, 0.1) is 0 Å². The van der Waals surface area contributed by atoms with Gasteiger partial charge in [0.15, 0.2) is 0 Å². The van der Waals surface area contributed by atoms with Crippen LogP contribution in [0.3, 0.4) is 0 Å². The molecule has 2 atom stereocenters. The van der Waals surface area contributed by atoms with Crippen LogP contribution in [0.25, 0.3) is 0 Å². The monoisotopic (exact) mass is 282 g/mol. The molecule has 0 saturated heterocycles. The van der Waals surface area contributed by atoms with Gasteiger partial charge in [-0.15, -0.1) is 0 Å². The Hall–Kier alpha value is 0.660. The van der Waals surface area contributed by atoms with Crippen LogP contribution >= 0.6 is 31.9 Å². The van der Waals surface area contributed by atoms with Crippen LogP contribution in [0.15, 0.2) is 10.6 Å². The maximum atomic E-state index is 5.52. The van der Waals surface area contributed by atoms with E-state index in [0.717, 1.165) is 19.4 Å². The molecule has 0 aliphatic heterocycles. The molecule has 0 radical (unpaired) electrons. The number of ether oxygens (including phenoxy) is 1. The molecule has 64 valence electrons. The van der Waals surface area contributed by atoms with E-state index in [4.69, 9.17) is 4.74 Å². The van der Waals surface area contributed by atoms with Crippen molar-refractivity contribution in [2.24, 2.45) is 0 Å². The number of rotatable bonds is 2. The van der Waals surface area contributed by atoms with Crippen LogP contribution in [0.2, 0.25) is 0 Å². The second kappa shape index (κ2) is 4.63. The van der Waals surface area contributed by atoms with E-state index in [9.17, 15) is 0 Å². The molecule has 0 aromatic carbocycles. The highest BCUT2D eigenvalue weighted by Gasteiger charge is 2.19. The normalized spacial score (nSPS) is 31.7. The van der Waals surface area contributed by atoms with E-state index in [1.165, 1.54) is 4.48 Å². The SMILES string of the molecule is CCOC1CC(Br)=CC(Br)C1. The first-order valence-corrected chi connectivity index (χ1v) is 5.55. The molecule has 0 bridgehead atoms. The summed E-state index contributed by atoms with van der Waals surface area (Å²) in [5.74, 6) is 0. The molecule has 0 spiro atoms. The molecule has 2 unspecified atom stereocenters. The molecular weight excluding hydrogens is 272 g/mol. The predicted molar refractivity (Wildman–Crippen MR) is 54.4 cm³/mol. The summed E-state index contributed by atoms with van der Waals surface area (Å²) < 4.78 is 6.78. The highest BCUT2D eigenvalue weighted by atomic mass is 79.9. The van der Waals surface area contributed by atoms with Gasteiger partial charge in [0, 0.05) is 17.9 Å². The summed E-state index contributed by atoms with van der Waals surface area (Å²) in [4.78, 5) is 0.474. The van der Waals surface area contributed by atoms with E-state index in [-0.39, 0.29) is 0 Å². The number of alkyl halides is 1. The van der Waals surface area contributed by atoms with Gasteiger partial charge in [-0.2, -0.15) is 0 Å². The molecule has 0 fully saturated rings. The van der Waals surface area contributed by atoms with Crippen molar-refractivity contribution < 1.29 is 4.74 Å². The molecule has 3 heteroatoms. The summed E-state index contributed by atoms with van der Waals surface area (Å²) in [6, 6.07) is 0. The van der Waals surface area contributed by atoms with Crippen molar-refractivity contribution in [1.29, 1.82) is 0 Å². The Balaban J connectivity index is 2.43. The summed E-state index contributed by atoms with van der Waals surface area (Å²) in [7, 11) is 0. The van der Waals surface area contributed by atoms with Gasteiger partial charge < -0.3 is 4.74 Å². The Bertz CT molecular complexity index is 156. The first-order valence-electron chi connectivity index (χ1n) is 3.84. The lowest BCUT2D eigenvalue weighted by atomic mass is 10.0. The van der Waals surface area contributed by atoms with Gasteiger partial charge in [0.05, 0.1) is 6.10 Å². The lowest BCUT2D eigenvalue weighted by Gasteiger charge is -2.23. The van der Waals surface area contributed by atoms with E-state index in [1.807, 2.05) is 6.92 Å². The Morgan fingerprint density at radius 1 is 1.73 bits per heavy atom. The lowest BCUT2D eigenvalue weighted by Crippen LogP contribution is -2.20. The Morgan fingerprint density at radius 3 is 3.00 bits per heavy atom. The predicted octanol–water partition coefficient (Wildman–Crippen LogP) is 3.23. The van der Waals surface area contributed by atoms with E-state index in [2.05, 4.69) is 37.9 Å². The van der Waals surface area contributed by atoms with Gasteiger partial charge in [-0.3, -0.25) is 0 Å². The summed E-state index contributed by atoms with van der Waals surface area (Å²) in [6.45, 7) is 2.85. The Kier molecular flexibility index (Phi) is 4.10. The Morgan fingerprint density at radius 2 is 2.45 bits per heavy atom. The quantitative estimate of drug-likeness (QED) is 0.707. The summed E-state index contributed by atoms with van der Waals surface area (Å²) in [5.41, 5.74) is 0. The van der Waals surface area contributed by atoms with Crippen molar-refractivity contribution in [3.63, 3.8) is 0 Å². The molecule has 0 heterocycles. The topological polar surface area (TPSA) is 9.23 Å². The highest BCUT2D eigenvalue weighted by molar-refractivity contribution is 9.12. The van der Waals surface area contributed by atoms with Crippen LogP contribution in [0.1, 0.15) is 19.8 Å². The molecule has 1 rings (SSSR count). The lowest BCUT2D eigenvalue weighted by molar-refractivity contribution is 0.0578. The third-order valence-corrected chi connectivity index (χ3v) is 2.90. The van der Waals surface area contributed by atoms with Crippen LogP contribution in [-0.4, -0.2) is 17.5 Å². The van der Waals surface area contributed by atoms with Gasteiger partial charge >= 0.3 is 0 Å². The van der Waals surface area contributed by atoms with E-state index in [1.54, 1.807) is 0 Å². The molecule has 1 nitrogen and oxygen atoms in total. The van der Waals surface area contributed by atoms with Gasteiger partial charge in [0.2, 0.25) is 0 Å². The van der Waals surface area contributed by atoms with Crippen molar-refractivity contribution in [1.82, 2.24) is 0 Å². The highest BCUT2D eigenvalue weighted by Crippen LogP contribution is 2.28. The maximum Gasteiger partial charge on any atom is 0.0634 e. The molecular formula is C8H12Br2O. The number of allylic oxidation sites excluding steroid dienone is 1. The van der Waals surface area contributed by atoms with E-state index >= 15 is 0 Å². The van der Waals surface area contributed by atoms with Crippen LogP contribution in [0.5, 0.6) is 0 Å². The largest absolute Gasteiger partial charge is 0.378 e. The fourth-order valence-corrected chi connectivity index (χ4v) is 3.02. The van der Waals surface area contributed by atoms with Crippen LogP contribution < -0.4 is 0 Å². The molecule has 0 amide bonds. The smallest absolute Gasteiger partial charge is 0.0634 e. The van der Waals surface area contributed by atoms with Gasteiger partial charge in [0.1, 0.15) is 0 Å². The summed E-state index contributed by atoms with van der Waals surface area (Å²) in [5, 5.41) is 0. The van der Waals surface area contributed by atoms with Crippen molar-refractivity contribution >= 4 is 31.9 Å². The molecule has 0 saturated carbocycles. The second-order valence-corrected chi connectivity index (χ2v) is 4.84. The molecule has 0 aromatic heterocycles. The van der Waals surface area contributed by atoms with Gasteiger partial charge in [0.25, 0.3) is 0 Å². The van der Waals surface area contributed by atoms with Crippen molar-refractivity contribution in [3.8, 4) is 0 Å². The Labute approximate surface area is 84.4 Å². The van der Waals surface area contributed by atoms with Crippen LogP contribution in [-0.2, 0) is 4.74 Å². The van der Waals surface area contributed by atoms with Crippen molar-refractivity contribution in [2.45, 2.75) is 30.7 Å².